The zero-order valence-corrected chi connectivity index (χ0v) is 18.9. The molecule has 10 heteroatoms. The molecule has 2 aromatic heterocycles. The first-order chi connectivity index (χ1) is 15.5. The van der Waals surface area contributed by atoms with Gasteiger partial charge >= 0.3 is 0 Å². The molecule has 3 aromatic rings. The predicted octanol–water partition coefficient (Wildman–Crippen LogP) is 3.81. The van der Waals surface area contributed by atoms with E-state index >= 15 is 0 Å². The lowest BCUT2D eigenvalue weighted by Crippen LogP contribution is -2.27. The maximum atomic E-state index is 12.2. The van der Waals surface area contributed by atoms with Crippen molar-refractivity contribution in [3.05, 3.63) is 56.9 Å². The first-order valence-corrected chi connectivity index (χ1v) is 11.6. The molecule has 3 heterocycles. The van der Waals surface area contributed by atoms with Gasteiger partial charge in [-0.1, -0.05) is 22.8 Å². The molecule has 8 nitrogen and oxygen atoms in total. The van der Waals surface area contributed by atoms with Crippen molar-refractivity contribution in [1.29, 1.82) is 5.41 Å². The van der Waals surface area contributed by atoms with Crippen LogP contribution in [0.5, 0.6) is 0 Å². The molecule has 1 amide bonds. The van der Waals surface area contributed by atoms with Gasteiger partial charge in [-0.25, -0.2) is 0 Å². The Hall–Kier alpha value is -2.88. The van der Waals surface area contributed by atoms with Gasteiger partial charge in [-0.05, 0) is 37.1 Å². The van der Waals surface area contributed by atoms with E-state index in [1.165, 1.54) is 11.3 Å². The number of carbonyl (C=O) groups excluding carboxylic acids is 1. The summed E-state index contributed by atoms with van der Waals surface area (Å²) >= 11 is 7.10. The number of amides is 1. The number of likely N-dealkylation sites (tertiary alicyclic amines) is 1. The Morgan fingerprint density at radius 3 is 2.78 bits per heavy atom. The summed E-state index contributed by atoms with van der Waals surface area (Å²) in [6.07, 6.45) is 2.21. The number of hydrogen-bond acceptors (Lipinski definition) is 7. The van der Waals surface area contributed by atoms with Gasteiger partial charge in [0, 0.05) is 42.5 Å². The maximum Gasteiger partial charge on any atom is 0.261 e. The fraction of sp³-hybridized carbons (Fsp3) is 0.318. The van der Waals surface area contributed by atoms with Crippen LogP contribution in [-0.4, -0.2) is 53.1 Å². The van der Waals surface area contributed by atoms with E-state index in [4.69, 9.17) is 21.5 Å². The van der Waals surface area contributed by atoms with E-state index in [2.05, 4.69) is 20.7 Å². The van der Waals surface area contributed by atoms with E-state index in [1.807, 2.05) is 18.2 Å². The molecule has 0 radical (unpaired) electrons. The lowest BCUT2D eigenvalue weighted by Gasteiger charge is -2.20. The molecule has 4 rings (SSSR count). The molecule has 1 fully saturated rings. The van der Waals surface area contributed by atoms with Gasteiger partial charge < -0.3 is 25.2 Å². The van der Waals surface area contributed by atoms with E-state index in [9.17, 15) is 9.90 Å². The summed E-state index contributed by atoms with van der Waals surface area (Å²) in [6, 6.07) is 10.8. The van der Waals surface area contributed by atoms with Gasteiger partial charge in [0.25, 0.3) is 5.91 Å². The fourth-order valence-electron chi connectivity index (χ4n) is 3.59. The average Bonchev–Trinajstić information content (AvgIpc) is 3.57. The smallest absolute Gasteiger partial charge is 0.261 e. The largest absolute Gasteiger partial charge is 0.395 e. The molecule has 168 valence electrons. The third kappa shape index (κ3) is 5.12. The summed E-state index contributed by atoms with van der Waals surface area (Å²) in [4.78, 5) is 14.8. The van der Waals surface area contributed by atoms with E-state index in [-0.39, 0.29) is 19.1 Å². The number of hydrogen-bond donors (Lipinski definition) is 4. The van der Waals surface area contributed by atoms with Gasteiger partial charge in [0.15, 0.2) is 5.76 Å². The number of aromatic nitrogens is 1. The Kier molecular flexibility index (Phi) is 7.09. The molecule has 0 atom stereocenters. The minimum atomic E-state index is -0.227. The number of carbonyl (C=O) groups is 1. The van der Waals surface area contributed by atoms with E-state index in [1.54, 1.807) is 18.2 Å². The topological polar surface area (TPSA) is 114 Å². The third-order valence-electron chi connectivity index (χ3n) is 5.20. The van der Waals surface area contributed by atoms with Gasteiger partial charge in [0.2, 0.25) is 0 Å². The lowest BCUT2D eigenvalue weighted by atomic mass is 10.0. The zero-order valence-electron chi connectivity index (χ0n) is 17.4. The van der Waals surface area contributed by atoms with Crippen molar-refractivity contribution in [2.45, 2.75) is 19.4 Å². The molecule has 0 bridgehead atoms. The number of nitrogens with one attached hydrogen (secondary N) is 3. The SMILES string of the molecule is N=C(c1ccc(-c2cc(CNC(=O)c3ccc(Cl)s3)on2)c(NCCO)c1)N1CCCC1. The number of rotatable bonds is 8. The lowest BCUT2D eigenvalue weighted by molar-refractivity contribution is 0.0951. The van der Waals surface area contributed by atoms with Gasteiger partial charge in [-0.3, -0.25) is 10.2 Å². The highest BCUT2D eigenvalue weighted by Gasteiger charge is 2.19. The van der Waals surface area contributed by atoms with Crippen molar-refractivity contribution in [3.8, 4) is 11.3 Å². The molecule has 0 saturated carbocycles. The molecule has 1 aromatic carbocycles. The molecule has 0 spiro atoms. The van der Waals surface area contributed by atoms with E-state index in [0.29, 0.717) is 33.0 Å². The number of halogens is 1. The zero-order chi connectivity index (χ0) is 22.5. The highest BCUT2D eigenvalue weighted by molar-refractivity contribution is 7.17. The number of anilines is 1. The van der Waals surface area contributed by atoms with Crippen LogP contribution in [0.25, 0.3) is 11.3 Å². The van der Waals surface area contributed by atoms with Crippen LogP contribution < -0.4 is 10.6 Å². The molecule has 0 unspecified atom stereocenters. The highest BCUT2D eigenvalue weighted by atomic mass is 35.5. The van der Waals surface area contributed by atoms with Gasteiger partial charge in [-0.2, -0.15) is 0 Å². The average molecular weight is 474 g/mol. The van der Waals surface area contributed by atoms with Gasteiger partial charge in [-0.15, -0.1) is 11.3 Å². The number of thiophene rings is 1. The van der Waals surface area contributed by atoms with Crippen LogP contribution in [0.3, 0.4) is 0 Å². The standard InChI is InChI=1S/C22H24ClN5O3S/c23-20-6-5-19(32-20)22(30)26-13-15-12-18(27-31-15)16-4-3-14(11-17(16)25-7-10-29)21(24)28-8-1-2-9-28/h3-6,11-12,24-25,29H,1-2,7-10,13H2,(H,26,30). The van der Waals surface area contributed by atoms with Crippen LogP contribution in [0.2, 0.25) is 4.34 Å². The minimum absolute atomic E-state index is 0.0178. The Balaban J connectivity index is 1.50. The summed E-state index contributed by atoms with van der Waals surface area (Å²) in [6.45, 7) is 2.35. The van der Waals surface area contributed by atoms with Crippen molar-refractivity contribution in [3.63, 3.8) is 0 Å². The Labute approximate surface area is 194 Å². The van der Waals surface area contributed by atoms with Crippen LogP contribution in [0.15, 0.2) is 40.9 Å². The quantitative estimate of drug-likeness (QED) is 0.292. The first-order valence-electron chi connectivity index (χ1n) is 10.4. The molecule has 1 saturated heterocycles. The molecular weight excluding hydrogens is 450 g/mol. The molecular formula is C22H24ClN5O3S. The van der Waals surface area contributed by atoms with E-state index < -0.39 is 0 Å². The monoisotopic (exact) mass is 473 g/mol. The molecule has 1 aliphatic heterocycles. The Bertz CT molecular complexity index is 1110. The second-order valence-corrected chi connectivity index (χ2v) is 9.13. The van der Waals surface area contributed by atoms with Crippen LogP contribution in [0.4, 0.5) is 5.69 Å². The molecule has 1 aliphatic rings. The summed E-state index contributed by atoms with van der Waals surface area (Å²) in [5, 5.41) is 27.9. The second kappa shape index (κ2) is 10.2. The molecule has 32 heavy (non-hydrogen) atoms. The van der Waals surface area contributed by atoms with Crippen molar-refractivity contribution >= 4 is 40.4 Å². The number of aliphatic hydroxyl groups is 1. The molecule has 0 aliphatic carbocycles. The predicted molar refractivity (Wildman–Crippen MR) is 126 cm³/mol. The van der Waals surface area contributed by atoms with Crippen LogP contribution in [-0.2, 0) is 6.54 Å². The Morgan fingerprint density at radius 2 is 2.06 bits per heavy atom. The van der Waals surface area contributed by atoms with Crippen LogP contribution in [0, 0.1) is 5.41 Å². The van der Waals surface area contributed by atoms with Crippen molar-refractivity contribution in [2.75, 3.05) is 31.6 Å². The highest BCUT2D eigenvalue weighted by Crippen LogP contribution is 2.30. The van der Waals surface area contributed by atoms with Crippen molar-refractivity contribution in [1.82, 2.24) is 15.4 Å². The maximum absolute atomic E-state index is 12.2. The first kappa shape index (κ1) is 22.3. The summed E-state index contributed by atoms with van der Waals surface area (Å²) < 4.78 is 5.97. The number of amidine groups is 1. The third-order valence-corrected chi connectivity index (χ3v) is 6.43. The van der Waals surface area contributed by atoms with Crippen LogP contribution in [0.1, 0.15) is 33.8 Å². The van der Waals surface area contributed by atoms with Crippen LogP contribution >= 0.6 is 22.9 Å². The number of nitrogens with zero attached hydrogens (tertiary/aromatic N) is 2. The second-order valence-electron chi connectivity index (χ2n) is 7.42. The van der Waals surface area contributed by atoms with Gasteiger partial charge in [0.05, 0.1) is 22.4 Å². The summed E-state index contributed by atoms with van der Waals surface area (Å²) in [7, 11) is 0. The van der Waals surface area contributed by atoms with Crippen molar-refractivity contribution < 1.29 is 14.4 Å². The Morgan fingerprint density at radius 1 is 1.25 bits per heavy atom. The minimum Gasteiger partial charge on any atom is -0.395 e. The molecule has 4 N–H and O–H groups in total. The normalized spacial score (nSPS) is 13.4. The number of aliphatic hydroxyl groups excluding tert-OH is 1. The fourth-order valence-corrected chi connectivity index (χ4v) is 4.55. The van der Waals surface area contributed by atoms with Crippen molar-refractivity contribution in [2.24, 2.45) is 0 Å². The van der Waals surface area contributed by atoms with E-state index in [0.717, 1.165) is 42.7 Å². The summed E-state index contributed by atoms with van der Waals surface area (Å²) in [5.41, 5.74) is 2.97. The van der Waals surface area contributed by atoms with Gasteiger partial charge in [0.1, 0.15) is 11.5 Å². The number of benzene rings is 1. The summed E-state index contributed by atoms with van der Waals surface area (Å²) in [5.74, 6) is 0.784.